The van der Waals surface area contributed by atoms with Gasteiger partial charge in [0.15, 0.2) is 0 Å². The Kier molecular flexibility index (Phi) is 7.38. The van der Waals surface area contributed by atoms with Crippen molar-refractivity contribution < 1.29 is 19.4 Å². The summed E-state index contributed by atoms with van der Waals surface area (Å²) in [4.78, 5) is 32.1. The Labute approximate surface area is 229 Å². The van der Waals surface area contributed by atoms with E-state index in [-0.39, 0.29) is 17.9 Å². The summed E-state index contributed by atoms with van der Waals surface area (Å²) >= 11 is 3.44. The number of Topliss-reactive ketones (excluding diaryl/α,β-unsaturated/α-hetero) is 1. The van der Waals surface area contributed by atoms with Crippen LogP contribution in [0.4, 0.5) is 0 Å². The molecular formula is C31H25BrN2O4. The summed E-state index contributed by atoms with van der Waals surface area (Å²) in [5.74, 6) is -0.984. The van der Waals surface area contributed by atoms with E-state index in [1.165, 1.54) is 4.90 Å². The number of rotatable bonds is 7. The van der Waals surface area contributed by atoms with Gasteiger partial charge in [-0.2, -0.15) is 0 Å². The molecule has 1 aromatic heterocycles. The van der Waals surface area contributed by atoms with E-state index in [0.717, 1.165) is 26.7 Å². The van der Waals surface area contributed by atoms with Crippen LogP contribution in [-0.2, 0) is 22.7 Å². The maximum absolute atomic E-state index is 13.3. The molecule has 1 aliphatic heterocycles. The Morgan fingerprint density at radius 2 is 1.71 bits per heavy atom. The first-order valence-corrected chi connectivity index (χ1v) is 12.9. The van der Waals surface area contributed by atoms with Gasteiger partial charge in [0.1, 0.15) is 18.1 Å². The van der Waals surface area contributed by atoms with Gasteiger partial charge in [0.25, 0.3) is 11.7 Å². The van der Waals surface area contributed by atoms with Gasteiger partial charge in [0.2, 0.25) is 0 Å². The number of aliphatic hydroxyl groups excluding tert-OH is 1. The molecule has 1 saturated heterocycles. The molecule has 1 unspecified atom stereocenters. The number of aliphatic hydroxyl groups is 1. The highest BCUT2D eigenvalue weighted by Crippen LogP contribution is 2.40. The number of benzene rings is 3. The van der Waals surface area contributed by atoms with E-state index in [0.29, 0.717) is 17.9 Å². The summed E-state index contributed by atoms with van der Waals surface area (Å²) in [6.07, 6.45) is 3.31. The number of nitrogens with zero attached hydrogens (tertiary/aromatic N) is 2. The van der Waals surface area contributed by atoms with Crippen LogP contribution in [-0.4, -0.2) is 26.7 Å². The first-order valence-electron chi connectivity index (χ1n) is 12.1. The van der Waals surface area contributed by atoms with Crippen LogP contribution in [0.3, 0.4) is 0 Å². The highest BCUT2D eigenvalue weighted by atomic mass is 79.9. The summed E-state index contributed by atoms with van der Waals surface area (Å²) in [7, 11) is 0. The summed E-state index contributed by atoms with van der Waals surface area (Å²) < 4.78 is 6.79. The van der Waals surface area contributed by atoms with Crippen LogP contribution < -0.4 is 4.74 Å². The molecule has 3 aromatic carbocycles. The van der Waals surface area contributed by atoms with Crippen molar-refractivity contribution in [1.29, 1.82) is 0 Å². The zero-order chi connectivity index (χ0) is 26.6. The lowest BCUT2D eigenvalue weighted by molar-refractivity contribution is -0.140. The van der Waals surface area contributed by atoms with E-state index in [1.54, 1.807) is 42.7 Å². The second-order valence-electron chi connectivity index (χ2n) is 9.08. The summed E-state index contributed by atoms with van der Waals surface area (Å²) in [6.45, 7) is 2.63. The van der Waals surface area contributed by atoms with Crippen LogP contribution in [0.2, 0.25) is 0 Å². The molecule has 6 nitrogen and oxygen atoms in total. The van der Waals surface area contributed by atoms with Crippen molar-refractivity contribution >= 4 is 33.4 Å². The largest absolute Gasteiger partial charge is 0.507 e. The third-order valence-electron chi connectivity index (χ3n) is 6.58. The molecule has 7 heteroatoms. The summed E-state index contributed by atoms with van der Waals surface area (Å²) in [6, 6.07) is 25.1. The van der Waals surface area contributed by atoms with Gasteiger partial charge >= 0.3 is 0 Å². The molecule has 5 rings (SSSR count). The zero-order valence-corrected chi connectivity index (χ0v) is 22.3. The van der Waals surface area contributed by atoms with E-state index in [2.05, 4.69) is 20.9 Å². The van der Waals surface area contributed by atoms with E-state index in [4.69, 9.17) is 4.74 Å². The molecule has 38 heavy (non-hydrogen) atoms. The molecule has 0 saturated carbocycles. The van der Waals surface area contributed by atoms with Crippen LogP contribution in [0.5, 0.6) is 5.75 Å². The number of amides is 1. The van der Waals surface area contributed by atoms with Gasteiger partial charge in [-0.1, -0.05) is 58.4 Å². The number of pyridine rings is 1. The van der Waals surface area contributed by atoms with E-state index in [9.17, 15) is 14.7 Å². The van der Waals surface area contributed by atoms with Gasteiger partial charge in [-0.15, -0.1) is 0 Å². The standard InChI is InChI=1S/C31H25BrN2O4/c1-20-5-2-3-7-24(20)19-38-26-14-10-23(11-15-26)29(35)27-28(22-8-12-25(32)13-9-22)34(31(37)30(27)36)18-21-6-4-16-33-17-21/h2-17,28,35H,18-19H2,1H3. The van der Waals surface area contributed by atoms with Crippen LogP contribution >= 0.6 is 15.9 Å². The van der Waals surface area contributed by atoms with Gasteiger partial charge in [0, 0.05) is 29.0 Å². The molecule has 0 aliphatic carbocycles. The maximum atomic E-state index is 13.3. The smallest absolute Gasteiger partial charge is 0.295 e. The Morgan fingerprint density at radius 1 is 0.974 bits per heavy atom. The summed E-state index contributed by atoms with van der Waals surface area (Å²) in [5.41, 5.74) is 4.21. The second-order valence-corrected chi connectivity index (χ2v) is 10.00. The quantitative estimate of drug-likeness (QED) is 0.159. The number of halogens is 1. The Morgan fingerprint density at radius 3 is 2.39 bits per heavy atom. The number of likely N-dealkylation sites (tertiary alicyclic amines) is 1. The molecule has 4 aromatic rings. The van der Waals surface area contributed by atoms with Crippen molar-refractivity contribution in [1.82, 2.24) is 9.88 Å². The number of ether oxygens (including phenoxy) is 1. The molecule has 0 bridgehead atoms. The van der Waals surface area contributed by atoms with Crippen molar-refractivity contribution in [2.45, 2.75) is 26.1 Å². The van der Waals surface area contributed by atoms with Crippen LogP contribution in [0, 0.1) is 6.92 Å². The first-order chi connectivity index (χ1) is 18.4. The fourth-order valence-corrected chi connectivity index (χ4v) is 4.79. The average Bonchev–Trinajstić information content (AvgIpc) is 3.18. The third kappa shape index (κ3) is 5.24. The van der Waals surface area contributed by atoms with Gasteiger partial charge in [-0.05, 0) is 71.6 Å². The second kappa shape index (κ2) is 11.0. The zero-order valence-electron chi connectivity index (χ0n) is 20.7. The molecule has 190 valence electrons. The molecule has 1 fully saturated rings. The molecule has 1 aliphatic rings. The molecule has 1 N–H and O–H groups in total. The minimum absolute atomic E-state index is 0.0507. The molecule has 1 amide bonds. The first kappa shape index (κ1) is 25.4. The van der Waals surface area contributed by atoms with Crippen molar-refractivity contribution in [3.63, 3.8) is 0 Å². The SMILES string of the molecule is Cc1ccccc1COc1ccc(C(O)=C2C(=O)C(=O)N(Cc3cccnc3)C2c2ccc(Br)cc2)cc1. The number of carbonyl (C=O) groups excluding carboxylic acids is 2. The monoisotopic (exact) mass is 568 g/mol. The number of aromatic nitrogens is 1. The highest BCUT2D eigenvalue weighted by molar-refractivity contribution is 9.10. The maximum Gasteiger partial charge on any atom is 0.295 e. The molecule has 1 atom stereocenters. The fourth-order valence-electron chi connectivity index (χ4n) is 4.52. The van der Waals surface area contributed by atoms with E-state index >= 15 is 0 Å². The molecule has 2 heterocycles. The van der Waals surface area contributed by atoms with Crippen LogP contribution in [0.1, 0.15) is 33.9 Å². The fraction of sp³-hybridized carbons (Fsp3) is 0.129. The van der Waals surface area contributed by atoms with E-state index < -0.39 is 17.7 Å². The lowest BCUT2D eigenvalue weighted by Crippen LogP contribution is -2.29. The van der Waals surface area contributed by atoms with Crippen molar-refractivity contribution in [2.75, 3.05) is 0 Å². The lowest BCUT2D eigenvalue weighted by atomic mass is 9.95. The number of aryl methyl sites for hydroxylation is 1. The number of hydrogen-bond acceptors (Lipinski definition) is 5. The number of carbonyl (C=O) groups is 2. The van der Waals surface area contributed by atoms with Gasteiger partial charge < -0.3 is 14.7 Å². The van der Waals surface area contributed by atoms with Crippen LogP contribution in [0.25, 0.3) is 5.76 Å². The number of hydrogen-bond donors (Lipinski definition) is 1. The van der Waals surface area contributed by atoms with Crippen molar-refractivity contribution in [3.05, 3.63) is 135 Å². The molecule has 0 radical (unpaired) electrons. The summed E-state index contributed by atoms with van der Waals surface area (Å²) in [5, 5.41) is 11.3. The van der Waals surface area contributed by atoms with Crippen molar-refractivity contribution in [2.24, 2.45) is 0 Å². The van der Waals surface area contributed by atoms with Gasteiger partial charge in [-0.25, -0.2) is 0 Å². The minimum atomic E-state index is -0.750. The highest BCUT2D eigenvalue weighted by Gasteiger charge is 2.46. The predicted molar refractivity (Wildman–Crippen MR) is 148 cm³/mol. The normalized spacial score (nSPS) is 16.6. The average molecular weight is 569 g/mol. The molecule has 0 spiro atoms. The Bertz CT molecular complexity index is 1500. The van der Waals surface area contributed by atoms with Gasteiger partial charge in [0.05, 0.1) is 11.6 Å². The number of ketones is 1. The predicted octanol–water partition coefficient (Wildman–Crippen LogP) is 6.35. The lowest BCUT2D eigenvalue weighted by Gasteiger charge is -2.25. The third-order valence-corrected chi connectivity index (χ3v) is 7.11. The van der Waals surface area contributed by atoms with Crippen molar-refractivity contribution in [3.8, 4) is 5.75 Å². The van der Waals surface area contributed by atoms with Crippen LogP contribution in [0.15, 0.2) is 107 Å². The Hall–Kier alpha value is -4.23. The Balaban J connectivity index is 1.47. The minimum Gasteiger partial charge on any atom is -0.507 e. The molecular weight excluding hydrogens is 544 g/mol. The topological polar surface area (TPSA) is 79.7 Å². The van der Waals surface area contributed by atoms with E-state index in [1.807, 2.05) is 61.5 Å². The van der Waals surface area contributed by atoms with Gasteiger partial charge in [-0.3, -0.25) is 14.6 Å².